The lowest BCUT2D eigenvalue weighted by Crippen LogP contribution is -2.06. The predicted octanol–water partition coefficient (Wildman–Crippen LogP) is 2.77. The van der Waals surface area contributed by atoms with Gasteiger partial charge in [-0.3, -0.25) is 0 Å². The molecule has 3 rings (SSSR count). The number of fused-ring (bicyclic) bond motifs is 1. The van der Waals surface area contributed by atoms with Crippen LogP contribution in [0.4, 0.5) is 5.82 Å². The van der Waals surface area contributed by atoms with Crippen LogP contribution in [0.5, 0.6) is 17.2 Å². The van der Waals surface area contributed by atoms with Crippen LogP contribution in [0.25, 0.3) is 11.0 Å². The Labute approximate surface area is 145 Å². The molecule has 24 heavy (non-hydrogen) atoms. The highest BCUT2D eigenvalue weighted by atomic mass is 32.2. The summed E-state index contributed by atoms with van der Waals surface area (Å²) in [5.41, 5.74) is 1.06. The van der Waals surface area contributed by atoms with E-state index in [9.17, 15) is 0 Å². The number of rotatable bonds is 6. The Bertz CT molecular complexity index is 846. The highest BCUT2D eigenvalue weighted by molar-refractivity contribution is 8.00. The van der Waals surface area contributed by atoms with Crippen molar-refractivity contribution in [2.75, 3.05) is 26.1 Å². The molecule has 1 heterocycles. The molecular weight excluding hydrogens is 327 g/mol. The average molecular weight is 342 g/mol. The molecule has 0 amide bonds. The standard InChI is InChI=1S/C16H15BN2O4S/c1-20-11-5-4-6-12(21-2)15(11)24-19-16-9-7-14(22-3)10(17)8-13(9)23-18-16/h4-8H,1-3H3,(H,18,19). The minimum Gasteiger partial charge on any atom is -0.497 e. The normalized spacial score (nSPS) is 10.6. The van der Waals surface area contributed by atoms with Gasteiger partial charge in [0, 0.05) is 0 Å². The molecule has 3 aromatic rings. The van der Waals surface area contributed by atoms with Crippen LogP contribution in [-0.4, -0.2) is 34.3 Å². The van der Waals surface area contributed by atoms with Crippen LogP contribution in [0, 0.1) is 0 Å². The van der Waals surface area contributed by atoms with Gasteiger partial charge in [-0.05, 0) is 36.2 Å². The molecule has 122 valence electrons. The van der Waals surface area contributed by atoms with Crippen LogP contribution >= 0.6 is 11.9 Å². The highest BCUT2D eigenvalue weighted by Crippen LogP contribution is 2.38. The van der Waals surface area contributed by atoms with Gasteiger partial charge < -0.3 is 23.5 Å². The van der Waals surface area contributed by atoms with Gasteiger partial charge in [-0.15, -0.1) is 0 Å². The lowest BCUT2D eigenvalue weighted by atomic mass is 9.94. The minimum absolute atomic E-state index is 0.492. The Morgan fingerprint density at radius 2 is 1.71 bits per heavy atom. The topological polar surface area (TPSA) is 65.8 Å². The van der Waals surface area contributed by atoms with Crippen LogP contribution in [0.3, 0.4) is 0 Å². The number of benzene rings is 2. The molecule has 0 saturated heterocycles. The van der Waals surface area contributed by atoms with Crippen molar-refractivity contribution >= 4 is 42.0 Å². The number of hydrogen-bond acceptors (Lipinski definition) is 7. The van der Waals surface area contributed by atoms with Gasteiger partial charge in [0.1, 0.15) is 30.0 Å². The number of methoxy groups -OCH3 is 3. The Balaban J connectivity index is 1.92. The lowest BCUT2D eigenvalue weighted by molar-refractivity contribution is 0.376. The fraction of sp³-hybridized carbons (Fsp3) is 0.188. The number of aromatic nitrogens is 1. The van der Waals surface area contributed by atoms with Crippen molar-refractivity contribution in [1.82, 2.24) is 5.16 Å². The fourth-order valence-corrected chi connectivity index (χ4v) is 3.10. The average Bonchev–Trinajstić information content (AvgIpc) is 3.00. The van der Waals surface area contributed by atoms with Crippen LogP contribution in [0.2, 0.25) is 0 Å². The van der Waals surface area contributed by atoms with E-state index in [0.29, 0.717) is 34.1 Å². The maximum Gasteiger partial charge on any atom is 0.187 e. The van der Waals surface area contributed by atoms with Gasteiger partial charge in [0.25, 0.3) is 0 Å². The molecule has 0 bridgehead atoms. The SMILES string of the molecule is [B]c1cc2onc(NSc3c(OC)cccc3OC)c2cc1OC. The van der Waals surface area contributed by atoms with Gasteiger partial charge in [0.05, 0.1) is 26.7 Å². The summed E-state index contributed by atoms with van der Waals surface area (Å²) in [4.78, 5) is 0.807. The largest absolute Gasteiger partial charge is 0.497 e. The third kappa shape index (κ3) is 2.97. The highest BCUT2D eigenvalue weighted by Gasteiger charge is 2.15. The van der Waals surface area contributed by atoms with Crippen molar-refractivity contribution in [2.24, 2.45) is 0 Å². The van der Waals surface area contributed by atoms with E-state index in [-0.39, 0.29) is 0 Å². The third-order valence-corrected chi connectivity index (χ3v) is 4.36. The molecule has 0 aliphatic heterocycles. The molecular formula is C16H15BN2O4S. The van der Waals surface area contributed by atoms with Crippen LogP contribution < -0.4 is 24.4 Å². The van der Waals surface area contributed by atoms with Gasteiger partial charge in [0.2, 0.25) is 0 Å². The fourth-order valence-electron chi connectivity index (χ4n) is 2.25. The molecule has 0 spiro atoms. The molecule has 0 fully saturated rings. The first-order valence-electron chi connectivity index (χ1n) is 7.04. The molecule has 2 radical (unpaired) electrons. The van der Waals surface area contributed by atoms with Crippen molar-refractivity contribution in [1.29, 1.82) is 0 Å². The van der Waals surface area contributed by atoms with Crippen LogP contribution in [0.1, 0.15) is 0 Å². The Morgan fingerprint density at radius 1 is 1.04 bits per heavy atom. The second-order valence-electron chi connectivity index (χ2n) is 4.82. The molecule has 6 nitrogen and oxygen atoms in total. The third-order valence-electron chi connectivity index (χ3n) is 3.45. The van der Waals surface area contributed by atoms with Gasteiger partial charge in [-0.25, -0.2) is 0 Å². The first-order valence-corrected chi connectivity index (χ1v) is 7.86. The second-order valence-corrected chi connectivity index (χ2v) is 5.63. The summed E-state index contributed by atoms with van der Waals surface area (Å²) in [5, 5.41) is 4.80. The molecule has 1 aromatic heterocycles. The summed E-state index contributed by atoms with van der Waals surface area (Å²) in [6.07, 6.45) is 0. The smallest absolute Gasteiger partial charge is 0.187 e. The van der Waals surface area contributed by atoms with Crippen molar-refractivity contribution in [2.45, 2.75) is 4.90 Å². The number of ether oxygens (including phenoxy) is 3. The summed E-state index contributed by atoms with van der Waals surface area (Å²) in [7, 11) is 10.7. The van der Waals surface area contributed by atoms with E-state index < -0.39 is 0 Å². The van der Waals surface area contributed by atoms with E-state index in [2.05, 4.69) is 9.88 Å². The molecule has 0 aliphatic rings. The van der Waals surface area contributed by atoms with Gasteiger partial charge in [0.15, 0.2) is 11.4 Å². The maximum atomic E-state index is 5.88. The first kappa shape index (κ1) is 16.4. The first-order chi connectivity index (χ1) is 11.7. The van der Waals surface area contributed by atoms with Crippen molar-refractivity contribution in [3.63, 3.8) is 0 Å². The van der Waals surface area contributed by atoms with E-state index in [1.165, 1.54) is 11.9 Å². The Morgan fingerprint density at radius 3 is 2.33 bits per heavy atom. The predicted molar refractivity (Wildman–Crippen MR) is 95.0 cm³/mol. The molecule has 0 unspecified atom stereocenters. The molecule has 0 aliphatic carbocycles. The zero-order valence-electron chi connectivity index (χ0n) is 13.5. The zero-order valence-corrected chi connectivity index (χ0v) is 14.3. The zero-order chi connectivity index (χ0) is 17.1. The quantitative estimate of drug-likeness (QED) is 0.546. The van der Waals surface area contributed by atoms with E-state index >= 15 is 0 Å². The van der Waals surface area contributed by atoms with Crippen LogP contribution in [-0.2, 0) is 0 Å². The summed E-state index contributed by atoms with van der Waals surface area (Å²) in [6, 6.07) is 9.04. The second kappa shape index (κ2) is 6.96. The molecule has 0 atom stereocenters. The van der Waals surface area contributed by atoms with E-state index in [0.717, 1.165) is 10.3 Å². The van der Waals surface area contributed by atoms with Crippen LogP contribution in [0.15, 0.2) is 39.8 Å². The van der Waals surface area contributed by atoms with E-state index in [4.69, 9.17) is 26.6 Å². The number of nitrogens with zero attached hydrogens (tertiary/aromatic N) is 1. The Kier molecular flexibility index (Phi) is 4.75. The summed E-state index contributed by atoms with van der Waals surface area (Å²) >= 11 is 1.32. The van der Waals surface area contributed by atoms with Crippen molar-refractivity contribution < 1.29 is 18.7 Å². The van der Waals surface area contributed by atoms with Gasteiger partial charge in [-0.1, -0.05) is 16.7 Å². The molecule has 2 aromatic carbocycles. The maximum absolute atomic E-state index is 5.88. The Hall–Kier alpha value is -2.48. The molecule has 1 N–H and O–H groups in total. The monoisotopic (exact) mass is 342 g/mol. The number of hydrogen-bond donors (Lipinski definition) is 1. The van der Waals surface area contributed by atoms with Gasteiger partial charge in [-0.2, -0.15) is 0 Å². The van der Waals surface area contributed by atoms with E-state index in [1.807, 2.05) is 18.2 Å². The summed E-state index contributed by atoms with van der Waals surface area (Å²) < 4.78 is 24.5. The lowest BCUT2D eigenvalue weighted by Gasteiger charge is -2.12. The molecule has 0 saturated carbocycles. The summed E-state index contributed by atoms with van der Waals surface area (Å²) in [6.45, 7) is 0. The molecule has 8 heteroatoms. The van der Waals surface area contributed by atoms with Gasteiger partial charge >= 0.3 is 0 Å². The van der Waals surface area contributed by atoms with E-state index in [1.54, 1.807) is 33.5 Å². The summed E-state index contributed by atoms with van der Waals surface area (Å²) in [5.74, 6) is 2.51. The van der Waals surface area contributed by atoms with Crippen molar-refractivity contribution in [3.05, 3.63) is 30.3 Å². The number of anilines is 1. The minimum atomic E-state index is 0.492. The number of nitrogens with one attached hydrogen (secondary N) is 1. The van der Waals surface area contributed by atoms with Crippen molar-refractivity contribution in [3.8, 4) is 17.2 Å².